The summed E-state index contributed by atoms with van der Waals surface area (Å²) in [6, 6.07) is 7.20. The maximum atomic E-state index is 11.9. The lowest BCUT2D eigenvalue weighted by atomic mass is 10.2. The van der Waals surface area contributed by atoms with Crippen LogP contribution in [0.4, 0.5) is 5.69 Å². The van der Waals surface area contributed by atoms with Gasteiger partial charge in [-0.15, -0.1) is 11.3 Å². The van der Waals surface area contributed by atoms with Gasteiger partial charge in [0.2, 0.25) is 15.9 Å². The number of aromatic nitrogens is 1. The smallest absolute Gasteiger partial charge is 0.243 e. The Labute approximate surface area is 170 Å². The molecule has 1 amide bonds. The second kappa shape index (κ2) is 9.34. The number of unbranched alkanes of at least 4 members (excludes halogenated alkanes) is 1. The molecule has 0 unspecified atom stereocenters. The number of rotatable bonds is 8. The fourth-order valence-electron chi connectivity index (χ4n) is 3.04. The van der Waals surface area contributed by atoms with Crippen molar-refractivity contribution in [2.24, 2.45) is 0 Å². The molecule has 1 aromatic carbocycles. The number of nitrogens with zero attached hydrogens (tertiary/aromatic N) is 2. The largest absolute Gasteiger partial charge is 0.353 e. The Bertz CT molecular complexity index is 934. The first-order chi connectivity index (χ1) is 13.4. The van der Waals surface area contributed by atoms with Crippen molar-refractivity contribution in [2.45, 2.75) is 32.6 Å². The minimum atomic E-state index is -3.16. The number of thiazole rings is 1. The van der Waals surface area contributed by atoms with Crippen LogP contribution in [0.3, 0.4) is 0 Å². The first kappa shape index (κ1) is 20.5. The molecule has 0 spiro atoms. The molecule has 0 radical (unpaired) electrons. The van der Waals surface area contributed by atoms with Crippen molar-refractivity contribution >= 4 is 39.0 Å². The molecule has 0 aliphatic carbocycles. The summed E-state index contributed by atoms with van der Waals surface area (Å²) in [4.78, 5) is 16.3. The maximum absolute atomic E-state index is 11.9. The van der Waals surface area contributed by atoms with E-state index in [0.29, 0.717) is 25.2 Å². The van der Waals surface area contributed by atoms with E-state index < -0.39 is 10.0 Å². The van der Waals surface area contributed by atoms with Gasteiger partial charge in [-0.1, -0.05) is 12.1 Å². The average Bonchev–Trinajstić information content (AvgIpc) is 3.24. The molecule has 1 saturated heterocycles. The lowest BCUT2D eigenvalue weighted by Gasteiger charge is -2.16. The van der Waals surface area contributed by atoms with Crippen molar-refractivity contribution in [3.8, 4) is 0 Å². The molecule has 8 heteroatoms. The third-order valence-electron chi connectivity index (χ3n) is 4.49. The lowest BCUT2D eigenvalue weighted by molar-refractivity contribution is -0.116. The van der Waals surface area contributed by atoms with Crippen molar-refractivity contribution in [1.29, 1.82) is 0 Å². The Morgan fingerprint density at radius 3 is 2.71 bits per heavy atom. The molecule has 150 valence electrons. The summed E-state index contributed by atoms with van der Waals surface area (Å²) in [7, 11) is -3.16. The van der Waals surface area contributed by atoms with E-state index in [-0.39, 0.29) is 11.7 Å². The predicted molar refractivity (Wildman–Crippen MR) is 114 cm³/mol. The number of hydrogen-bond acceptors (Lipinski definition) is 5. The third kappa shape index (κ3) is 5.65. The first-order valence-electron chi connectivity index (χ1n) is 9.41. The van der Waals surface area contributed by atoms with Crippen LogP contribution in [-0.2, 0) is 21.2 Å². The average molecular weight is 420 g/mol. The number of carbonyl (C=O) groups excluding carboxylic acids is 1. The quantitative estimate of drug-likeness (QED) is 0.527. The van der Waals surface area contributed by atoms with E-state index in [4.69, 9.17) is 0 Å². The molecule has 2 heterocycles. The zero-order valence-corrected chi connectivity index (χ0v) is 17.6. The van der Waals surface area contributed by atoms with Crippen molar-refractivity contribution in [3.05, 3.63) is 52.0 Å². The number of carbonyl (C=O) groups is 1. The number of sulfonamides is 1. The molecular formula is C20H25N3O3S2. The molecule has 0 bridgehead atoms. The highest BCUT2D eigenvalue weighted by Gasteiger charge is 2.28. The van der Waals surface area contributed by atoms with Gasteiger partial charge in [0.15, 0.2) is 0 Å². The molecule has 3 rings (SSSR count). The molecule has 1 aromatic heterocycles. The van der Waals surface area contributed by atoms with Crippen LogP contribution in [0.1, 0.15) is 35.5 Å². The van der Waals surface area contributed by atoms with Gasteiger partial charge in [-0.3, -0.25) is 9.10 Å². The van der Waals surface area contributed by atoms with Gasteiger partial charge in [0.05, 0.1) is 16.4 Å². The van der Waals surface area contributed by atoms with Crippen LogP contribution in [0.25, 0.3) is 6.08 Å². The topological polar surface area (TPSA) is 79.4 Å². The zero-order chi connectivity index (χ0) is 20.0. The second-order valence-electron chi connectivity index (χ2n) is 6.80. The van der Waals surface area contributed by atoms with Gasteiger partial charge in [0.1, 0.15) is 0 Å². The maximum Gasteiger partial charge on any atom is 0.243 e. The summed E-state index contributed by atoms with van der Waals surface area (Å²) < 4.78 is 25.3. The monoisotopic (exact) mass is 419 g/mol. The Hall–Kier alpha value is -2.19. The van der Waals surface area contributed by atoms with Crippen LogP contribution >= 0.6 is 11.3 Å². The Kier molecular flexibility index (Phi) is 6.85. The van der Waals surface area contributed by atoms with Gasteiger partial charge in [-0.2, -0.15) is 0 Å². The van der Waals surface area contributed by atoms with Gasteiger partial charge in [-0.05, 0) is 56.4 Å². The van der Waals surface area contributed by atoms with E-state index in [2.05, 4.69) is 15.7 Å². The van der Waals surface area contributed by atoms with Crippen LogP contribution in [0.2, 0.25) is 0 Å². The number of nitrogens with one attached hydrogen (secondary N) is 1. The molecule has 1 aliphatic rings. The van der Waals surface area contributed by atoms with Crippen LogP contribution in [0, 0.1) is 6.92 Å². The summed E-state index contributed by atoms with van der Waals surface area (Å²) in [6.45, 7) is 3.16. The van der Waals surface area contributed by atoms with Gasteiger partial charge >= 0.3 is 0 Å². The normalized spacial score (nSPS) is 16.0. The number of aryl methyl sites for hydroxylation is 2. The minimum absolute atomic E-state index is 0.128. The number of amides is 1. The van der Waals surface area contributed by atoms with Crippen molar-refractivity contribution in [2.75, 3.05) is 23.1 Å². The van der Waals surface area contributed by atoms with Crippen LogP contribution in [-0.4, -0.2) is 38.2 Å². The summed E-state index contributed by atoms with van der Waals surface area (Å²) in [5.74, 6) is 0.0782. The van der Waals surface area contributed by atoms with Crippen molar-refractivity contribution in [1.82, 2.24) is 10.3 Å². The van der Waals surface area contributed by atoms with E-state index >= 15 is 0 Å². The standard InChI is InChI=1S/C20H25N3O3S2/c1-16-15-27-20(22-16)5-2-3-12-21-19(24)11-8-17-6-9-18(10-7-17)23-13-4-14-28(23,25)26/h6-11,15H,2-5,12-14H2,1H3,(H,21,24)/b11-8+. The number of anilines is 1. The van der Waals surface area contributed by atoms with E-state index in [1.165, 1.54) is 10.4 Å². The van der Waals surface area contributed by atoms with Gasteiger partial charge in [0.25, 0.3) is 0 Å². The van der Waals surface area contributed by atoms with Gasteiger partial charge in [-0.25, -0.2) is 13.4 Å². The van der Waals surface area contributed by atoms with E-state index in [1.807, 2.05) is 19.1 Å². The Morgan fingerprint density at radius 1 is 1.29 bits per heavy atom. The number of benzene rings is 1. The molecule has 28 heavy (non-hydrogen) atoms. The van der Waals surface area contributed by atoms with Crippen LogP contribution in [0.5, 0.6) is 0 Å². The molecule has 0 atom stereocenters. The molecule has 6 nitrogen and oxygen atoms in total. The summed E-state index contributed by atoms with van der Waals surface area (Å²) in [5.41, 5.74) is 2.60. The number of hydrogen-bond donors (Lipinski definition) is 1. The van der Waals surface area contributed by atoms with Crippen LogP contribution in [0.15, 0.2) is 35.7 Å². The minimum Gasteiger partial charge on any atom is -0.353 e. The summed E-state index contributed by atoms with van der Waals surface area (Å²) in [5, 5.41) is 6.08. The molecule has 2 aromatic rings. The fourth-order valence-corrected chi connectivity index (χ4v) is 5.43. The van der Waals surface area contributed by atoms with Gasteiger partial charge < -0.3 is 5.32 Å². The second-order valence-corrected chi connectivity index (χ2v) is 9.75. The van der Waals surface area contributed by atoms with E-state index in [9.17, 15) is 13.2 Å². The van der Waals surface area contributed by atoms with E-state index in [1.54, 1.807) is 29.5 Å². The third-order valence-corrected chi connectivity index (χ3v) is 7.39. The van der Waals surface area contributed by atoms with Crippen molar-refractivity contribution in [3.63, 3.8) is 0 Å². The van der Waals surface area contributed by atoms with Crippen molar-refractivity contribution < 1.29 is 13.2 Å². The SMILES string of the molecule is Cc1csc(CCCCNC(=O)/C=C/c2ccc(N3CCCS3(=O)=O)cc2)n1. The molecule has 0 saturated carbocycles. The molecular weight excluding hydrogens is 394 g/mol. The molecule has 1 fully saturated rings. The molecule has 1 N–H and O–H groups in total. The van der Waals surface area contributed by atoms with Gasteiger partial charge in [0, 0.05) is 30.2 Å². The summed E-state index contributed by atoms with van der Waals surface area (Å²) >= 11 is 1.68. The fraction of sp³-hybridized carbons (Fsp3) is 0.400. The predicted octanol–water partition coefficient (Wildman–Crippen LogP) is 3.14. The van der Waals surface area contributed by atoms with E-state index in [0.717, 1.165) is 35.5 Å². The Morgan fingerprint density at radius 2 is 2.07 bits per heavy atom. The lowest BCUT2D eigenvalue weighted by Crippen LogP contribution is -2.24. The Balaban J connectivity index is 1.40. The van der Waals surface area contributed by atoms with Crippen LogP contribution < -0.4 is 9.62 Å². The highest BCUT2D eigenvalue weighted by atomic mass is 32.2. The molecule has 1 aliphatic heterocycles. The summed E-state index contributed by atoms with van der Waals surface area (Å²) in [6.07, 6.45) is 6.76. The highest BCUT2D eigenvalue weighted by molar-refractivity contribution is 7.93. The highest BCUT2D eigenvalue weighted by Crippen LogP contribution is 2.24. The zero-order valence-electron chi connectivity index (χ0n) is 15.9. The first-order valence-corrected chi connectivity index (χ1v) is 11.9.